The van der Waals surface area contributed by atoms with Crippen LogP contribution in [0.4, 0.5) is 0 Å². The van der Waals surface area contributed by atoms with Gasteiger partial charge in [0.05, 0.1) is 5.56 Å². The van der Waals surface area contributed by atoms with Crippen LogP contribution in [0.5, 0.6) is 0 Å². The van der Waals surface area contributed by atoms with Crippen molar-refractivity contribution >= 4 is 76.2 Å². The fourth-order valence-corrected chi connectivity index (χ4v) is 8.56. The summed E-state index contributed by atoms with van der Waals surface area (Å²) in [4.78, 5) is 15.4. The standard InChI is InChI=1S/C51H29N3O2/c1-2-13-30(14-3-1)49-52-50(31-27-28-36-34-17-5-4-15-32(34)33-16-6-7-18-35(33)44(36)29-31)54-51(53-49)43-25-12-24-42-41-23-11-22-40(47(41)56-48(42)43)39-21-10-20-38-37-19-8-9-26-45(37)55-46(38)39/h1-29H. The maximum atomic E-state index is 6.94. The normalized spacial score (nSPS) is 11.9. The van der Waals surface area contributed by atoms with Crippen LogP contribution in [0, 0.1) is 0 Å². The van der Waals surface area contributed by atoms with E-state index in [1.54, 1.807) is 0 Å². The minimum absolute atomic E-state index is 0.544. The summed E-state index contributed by atoms with van der Waals surface area (Å²) < 4.78 is 13.4. The maximum Gasteiger partial charge on any atom is 0.167 e. The summed E-state index contributed by atoms with van der Waals surface area (Å²) in [6.07, 6.45) is 0. The Kier molecular flexibility index (Phi) is 6.56. The molecule has 0 aliphatic heterocycles. The SMILES string of the molecule is c1ccc(-c2nc(-c3ccc4c5ccccc5c5ccccc5c4c3)nc(-c3cccc4c3oc3c(-c5cccc6c5oc5ccccc56)cccc34)n2)cc1. The number of fused-ring (bicyclic) bond motifs is 12. The number of hydrogen-bond acceptors (Lipinski definition) is 5. The van der Waals surface area contributed by atoms with Crippen molar-refractivity contribution in [3.63, 3.8) is 0 Å². The van der Waals surface area contributed by atoms with Gasteiger partial charge in [0.2, 0.25) is 0 Å². The molecule has 3 aromatic heterocycles. The Morgan fingerprint density at radius 1 is 0.268 bits per heavy atom. The molecule has 0 radical (unpaired) electrons. The van der Waals surface area contributed by atoms with E-state index in [4.69, 9.17) is 23.8 Å². The van der Waals surface area contributed by atoms with Gasteiger partial charge in [-0.1, -0.05) is 158 Å². The summed E-state index contributed by atoms with van der Waals surface area (Å²) in [5.74, 6) is 1.74. The zero-order valence-electron chi connectivity index (χ0n) is 29.9. The molecule has 0 aliphatic carbocycles. The first-order chi connectivity index (χ1) is 27.8. The Balaban J connectivity index is 1.08. The molecule has 9 aromatic carbocycles. The molecule has 0 amide bonds. The third kappa shape index (κ3) is 4.58. The largest absolute Gasteiger partial charge is 0.455 e. The summed E-state index contributed by atoms with van der Waals surface area (Å²) >= 11 is 0. The van der Waals surface area contributed by atoms with Crippen molar-refractivity contribution in [1.82, 2.24) is 15.0 Å². The zero-order valence-corrected chi connectivity index (χ0v) is 29.9. The average Bonchev–Trinajstić information content (AvgIpc) is 3.85. The van der Waals surface area contributed by atoms with Crippen LogP contribution in [0.2, 0.25) is 0 Å². The highest BCUT2D eigenvalue weighted by molar-refractivity contribution is 6.25. The highest BCUT2D eigenvalue weighted by Crippen LogP contribution is 2.43. The molecule has 260 valence electrons. The van der Waals surface area contributed by atoms with Crippen molar-refractivity contribution in [2.75, 3.05) is 0 Å². The molecule has 12 rings (SSSR count). The van der Waals surface area contributed by atoms with Crippen molar-refractivity contribution < 1.29 is 8.83 Å². The molecule has 0 aliphatic rings. The first-order valence-electron chi connectivity index (χ1n) is 18.8. The van der Waals surface area contributed by atoms with Crippen LogP contribution in [0.1, 0.15) is 0 Å². The summed E-state index contributed by atoms with van der Waals surface area (Å²) in [7, 11) is 0. The van der Waals surface area contributed by atoms with Crippen molar-refractivity contribution in [3.05, 3.63) is 176 Å². The van der Waals surface area contributed by atoms with Crippen molar-refractivity contribution in [2.45, 2.75) is 0 Å². The monoisotopic (exact) mass is 715 g/mol. The molecule has 0 unspecified atom stereocenters. The molecule has 0 spiro atoms. The topological polar surface area (TPSA) is 65.0 Å². The van der Waals surface area contributed by atoms with Crippen LogP contribution >= 0.6 is 0 Å². The lowest BCUT2D eigenvalue weighted by molar-refractivity contribution is 0.665. The van der Waals surface area contributed by atoms with Gasteiger partial charge in [-0.3, -0.25) is 0 Å². The molecule has 5 heteroatoms. The second-order valence-electron chi connectivity index (χ2n) is 14.3. The predicted molar refractivity (Wildman–Crippen MR) is 229 cm³/mol. The summed E-state index contributed by atoms with van der Waals surface area (Å²) in [5.41, 5.74) is 7.78. The smallest absolute Gasteiger partial charge is 0.167 e. The van der Waals surface area contributed by atoms with Crippen LogP contribution in [0.3, 0.4) is 0 Å². The zero-order chi connectivity index (χ0) is 36.7. The molecule has 0 atom stereocenters. The van der Waals surface area contributed by atoms with E-state index in [0.29, 0.717) is 17.5 Å². The summed E-state index contributed by atoms with van der Waals surface area (Å²) in [5, 5.41) is 11.4. The highest BCUT2D eigenvalue weighted by atomic mass is 16.3. The van der Waals surface area contributed by atoms with Crippen LogP contribution < -0.4 is 0 Å². The third-order valence-corrected chi connectivity index (χ3v) is 11.1. The van der Waals surface area contributed by atoms with Gasteiger partial charge in [-0.15, -0.1) is 0 Å². The lowest BCUT2D eigenvalue weighted by Gasteiger charge is -2.12. The molecule has 0 bridgehead atoms. The fraction of sp³-hybridized carbons (Fsp3) is 0. The van der Waals surface area contributed by atoms with Crippen LogP contribution in [0.15, 0.2) is 185 Å². The Bertz CT molecular complexity index is 3510. The van der Waals surface area contributed by atoms with Crippen molar-refractivity contribution in [2.24, 2.45) is 0 Å². The molecule has 0 fully saturated rings. The Hall–Kier alpha value is -7.63. The second-order valence-corrected chi connectivity index (χ2v) is 14.3. The number of aromatic nitrogens is 3. The molecular weight excluding hydrogens is 687 g/mol. The van der Waals surface area contributed by atoms with E-state index in [2.05, 4.69) is 121 Å². The molecular formula is C51H29N3O2. The Morgan fingerprint density at radius 2 is 0.714 bits per heavy atom. The molecule has 0 saturated heterocycles. The number of hydrogen-bond donors (Lipinski definition) is 0. The third-order valence-electron chi connectivity index (χ3n) is 11.1. The van der Waals surface area contributed by atoms with Gasteiger partial charge in [-0.05, 0) is 50.5 Å². The van der Waals surface area contributed by atoms with Crippen molar-refractivity contribution in [3.8, 4) is 45.3 Å². The van der Waals surface area contributed by atoms with E-state index in [1.165, 1.54) is 26.9 Å². The molecule has 0 saturated carbocycles. The summed E-state index contributed by atoms with van der Waals surface area (Å²) in [6.45, 7) is 0. The fourth-order valence-electron chi connectivity index (χ4n) is 8.56. The van der Waals surface area contributed by atoms with Gasteiger partial charge >= 0.3 is 0 Å². The molecule has 5 nitrogen and oxygen atoms in total. The van der Waals surface area contributed by atoms with E-state index in [9.17, 15) is 0 Å². The van der Waals surface area contributed by atoms with Gasteiger partial charge < -0.3 is 8.83 Å². The Morgan fingerprint density at radius 3 is 1.38 bits per heavy atom. The lowest BCUT2D eigenvalue weighted by atomic mass is 9.93. The van der Waals surface area contributed by atoms with Crippen LogP contribution in [-0.2, 0) is 0 Å². The van der Waals surface area contributed by atoms with E-state index < -0.39 is 0 Å². The number of benzene rings is 9. The van der Waals surface area contributed by atoms with Gasteiger partial charge in [0.25, 0.3) is 0 Å². The van der Waals surface area contributed by atoms with Gasteiger partial charge in [-0.2, -0.15) is 0 Å². The molecule has 12 aromatic rings. The minimum atomic E-state index is 0.544. The maximum absolute atomic E-state index is 6.94. The molecule has 3 heterocycles. The van der Waals surface area contributed by atoms with Crippen LogP contribution in [-0.4, -0.2) is 15.0 Å². The van der Waals surface area contributed by atoms with Gasteiger partial charge in [0.15, 0.2) is 17.5 Å². The number of furan rings is 2. The lowest BCUT2D eigenvalue weighted by Crippen LogP contribution is -2.00. The predicted octanol–water partition coefficient (Wildman–Crippen LogP) is 13.8. The molecule has 56 heavy (non-hydrogen) atoms. The number of para-hydroxylation sites is 4. The van der Waals surface area contributed by atoms with Crippen LogP contribution in [0.25, 0.3) is 121 Å². The molecule has 0 N–H and O–H groups in total. The van der Waals surface area contributed by atoms with E-state index in [-0.39, 0.29) is 0 Å². The van der Waals surface area contributed by atoms with Gasteiger partial charge in [-0.25, -0.2) is 15.0 Å². The van der Waals surface area contributed by atoms with E-state index in [1.807, 2.05) is 54.6 Å². The Labute approximate surface area is 320 Å². The average molecular weight is 716 g/mol. The summed E-state index contributed by atoms with van der Waals surface area (Å²) in [6, 6.07) is 60.9. The quantitative estimate of drug-likeness (QED) is 0.170. The van der Waals surface area contributed by atoms with Gasteiger partial charge in [0, 0.05) is 43.8 Å². The first kappa shape index (κ1) is 30.8. The van der Waals surface area contributed by atoms with Gasteiger partial charge in [0.1, 0.15) is 22.3 Å². The minimum Gasteiger partial charge on any atom is -0.455 e. The number of nitrogens with zero attached hydrogens (tertiary/aromatic N) is 3. The number of rotatable bonds is 4. The van der Waals surface area contributed by atoms with E-state index >= 15 is 0 Å². The van der Waals surface area contributed by atoms with E-state index in [0.717, 1.165) is 77.1 Å². The van der Waals surface area contributed by atoms with Crippen molar-refractivity contribution in [1.29, 1.82) is 0 Å². The first-order valence-corrected chi connectivity index (χ1v) is 18.8. The second kappa shape index (κ2) is 11.9. The highest BCUT2D eigenvalue weighted by Gasteiger charge is 2.21.